The molecule has 2 aromatic rings. The standard InChI is InChI=1S/C14H17N3O2S/c1-9-13(20-8-17-9)7-16-14(19)12(15)6-10-2-4-11(18)5-3-10/h2-5,8,12,18H,6-7,15H2,1H3,(H,16,19)/t12-/m0/s1. The van der Waals surface area contributed by atoms with Gasteiger partial charge in [-0.3, -0.25) is 4.79 Å². The van der Waals surface area contributed by atoms with Gasteiger partial charge < -0.3 is 16.2 Å². The molecule has 0 saturated heterocycles. The van der Waals surface area contributed by atoms with Crippen LogP contribution in [0.1, 0.15) is 16.1 Å². The number of aromatic nitrogens is 1. The van der Waals surface area contributed by atoms with Crippen LogP contribution in [-0.4, -0.2) is 22.0 Å². The van der Waals surface area contributed by atoms with Crippen molar-refractivity contribution < 1.29 is 9.90 Å². The van der Waals surface area contributed by atoms with Crippen molar-refractivity contribution in [3.63, 3.8) is 0 Å². The summed E-state index contributed by atoms with van der Waals surface area (Å²) in [7, 11) is 0. The van der Waals surface area contributed by atoms with Gasteiger partial charge in [-0.2, -0.15) is 0 Å². The Morgan fingerprint density at radius 3 is 2.75 bits per heavy atom. The molecule has 2 rings (SSSR count). The van der Waals surface area contributed by atoms with E-state index in [1.54, 1.807) is 29.8 Å². The van der Waals surface area contributed by atoms with Crippen LogP contribution in [0, 0.1) is 6.92 Å². The van der Waals surface area contributed by atoms with E-state index in [2.05, 4.69) is 10.3 Å². The Morgan fingerprint density at radius 1 is 1.45 bits per heavy atom. The summed E-state index contributed by atoms with van der Waals surface area (Å²) in [6, 6.07) is 6.08. The summed E-state index contributed by atoms with van der Waals surface area (Å²) in [5, 5.41) is 12.0. The number of phenolic OH excluding ortho intramolecular Hbond substituents is 1. The number of amides is 1. The number of carbonyl (C=O) groups is 1. The van der Waals surface area contributed by atoms with E-state index in [1.807, 2.05) is 6.92 Å². The summed E-state index contributed by atoms with van der Waals surface area (Å²) >= 11 is 1.51. The Hall–Kier alpha value is -1.92. The number of nitrogens with two attached hydrogens (primary N) is 1. The molecular formula is C14H17N3O2S. The highest BCUT2D eigenvalue weighted by molar-refractivity contribution is 7.09. The van der Waals surface area contributed by atoms with Gasteiger partial charge in [0.2, 0.25) is 5.91 Å². The Bertz CT molecular complexity index is 580. The molecule has 1 heterocycles. The Morgan fingerprint density at radius 2 is 2.15 bits per heavy atom. The van der Waals surface area contributed by atoms with Gasteiger partial charge in [-0.25, -0.2) is 4.98 Å². The smallest absolute Gasteiger partial charge is 0.237 e. The third kappa shape index (κ3) is 3.79. The molecule has 6 heteroatoms. The van der Waals surface area contributed by atoms with Crippen LogP contribution in [-0.2, 0) is 17.8 Å². The summed E-state index contributed by atoms with van der Waals surface area (Å²) in [4.78, 5) is 17.1. The minimum atomic E-state index is -0.604. The van der Waals surface area contributed by atoms with E-state index in [1.165, 1.54) is 11.3 Å². The van der Waals surface area contributed by atoms with E-state index in [-0.39, 0.29) is 11.7 Å². The zero-order valence-electron chi connectivity index (χ0n) is 11.2. The highest BCUT2D eigenvalue weighted by Gasteiger charge is 2.14. The van der Waals surface area contributed by atoms with Crippen LogP contribution < -0.4 is 11.1 Å². The molecule has 0 aliphatic rings. The average Bonchev–Trinajstić information content (AvgIpc) is 2.84. The van der Waals surface area contributed by atoms with Crippen molar-refractivity contribution in [2.24, 2.45) is 5.73 Å². The fourth-order valence-electron chi connectivity index (χ4n) is 1.77. The van der Waals surface area contributed by atoms with Crippen molar-refractivity contribution in [2.45, 2.75) is 25.9 Å². The minimum absolute atomic E-state index is 0.189. The van der Waals surface area contributed by atoms with Gasteiger partial charge in [0.05, 0.1) is 23.8 Å². The minimum Gasteiger partial charge on any atom is -0.508 e. The number of aromatic hydroxyl groups is 1. The lowest BCUT2D eigenvalue weighted by Crippen LogP contribution is -2.41. The highest BCUT2D eigenvalue weighted by Crippen LogP contribution is 2.12. The van der Waals surface area contributed by atoms with E-state index >= 15 is 0 Å². The summed E-state index contributed by atoms with van der Waals surface area (Å²) in [5.74, 6) is 0.0123. The topological polar surface area (TPSA) is 88.2 Å². The molecule has 1 aromatic heterocycles. The first kappa shape index (κ1) is 14.5. The third-order valence-electron chi connectivity index (χ3n) is 3.00. The Balaban J connectivity index is 1.86. The van der Waals surface area contributed by atoms with Crippen LogP contribution in [0.5, 0.6) is 5.75 Å². The summed E-state index contributed by atoms with van der Waals surface area (Å²) in [6.07, 6.45) is 0.438. The van der Waals surface area contributed by atoms with Crippen molar-refractivity contribution in [1.82, 2.24) is 10.3 Å². The first-order valence-corrected chi connectivity index (χ1v) is 7.14. The molecule has 0 spiro atoms. The summed E-state index contributed by atoms with van der Waals surface area (Å²) < 4.78 is 0. The number of nitrogens with zero attached hydrogens (tertiary/aromatic N) is 1. The number of phenols is 1. The molecule has 0 aliphatic heterocycles. The van der Waals surface area contributed by atoms with Gasteiger partial charge in [-0.15, -0.1) is 11.3 Å². The molecule has 0 unspecified atom stereocenters. The third-order valence-corrected chi connectivity index (χ3v) is 3.93. The van der Waals surface area contributed by atoms with Gasteiger partial charge in [0.15, 0.2) is 0 Å². The molecule has 0 saturated carbocycles. The molecule has 0 radical (unpaired) electrons. The molecule has 0 fully saturated rings. The number of rotatable bonds is 5. The quantitative estimate of drug-likeness (QED) is 0.775. The number of aryl methyl sites for hydroxylation is 1. The summed E-state index contributed by atoms with van der Waals surface area (Å²) in [5.41, 5.74) is 9.48. The van der Waals surface area contributed by atoms with E-state index in [0.717, 1.165) is 16.1 Å². The van der Waals surface area contributed by atoms with Gasteiger partial charge >= 0.3 is 0 Å². The van der Waals surface area contributed by atoms with Gasteiger partial charge in [0.25, 0.3) is 0 Å². The zero-order valence-corrected chi connectivity index (χ0v) is 12.0. The van der Waals surface area contributed by atoms with Crippen molar-refractivity contribution >= 4 is 17.2 Å². The molecule has 4 N–H and O–H groups in total. The lowest BCUT2D eigenvalue weighted by Gasteiger charge is -2.12. The van der Waals surface area contributed by atoms with E-state index < -0.39 is 6.04 Å². The predicted octanol–water partition coefficient (Wildman–Crippen LogP) is 1.34. The number of hydrogen-bond acceptors (Lipinski definition) is 5. The zero-order chi connectivity index (χ0) is 14.5. The fraction of sp³-hybridized carbons (Fsp3) is 0.286. The maximum atomic E-state index is 11.9. The van der Waals surface area contributed by atoms with Crippen molar-refractivity contribution in [1.29, 1.82) is 0 Å². The van der Waals surface area contributed by atoms with Crippen LogP contribution in [0.3, 0.4) is 0 Å². The van der Waals surface area contributed by atoms with Crippen LogP contribution in [0.4, 0.5) is 0 Å². The summed E-state index contributed by atoms with van der Waals surface area (Å²) in [6.45, 7) is 2.37. The second kappa shape index (κ2) is 6.49. The van der Waals surface area contributed by atoms with Crippen molar-refractivity contribution in [3.8, 4) is 5.75 Å². The Labute approximate surface area is 121 Å². The van der Waals surface area contributed by atoms with Gasteiger partial charge in [-0.05, 0) is 31.0 Å². The predicted molar refractivity (Wildman–Crippen MR) is 78.5 cm³/mol. The first-order valence-electron chi connectivity index (χ1n) is 6.26. The van der Waals surface area contributed by atoms with Gasteiger partial charge in [-0.1, -0.05) is 12.1 Å². The van der Waals surface area contributed by atoms with E-state index in [0.29, 0.717) is 13.0 Å². The van der Waals surface area contributed by atoms with Gasteiger partial charge in [0.1, 0.15) is 5.75 Å². The van der Waals surface area contributed by atoms with Crippen molar-refractivity contribution in [2.75, 3.05) is 0 Å². The normalized spacial score (nSPS) is 12.1. The second-order valence-corrected chi connectivity index (χ2v) is 5.50. The molecule has 106 valence electrons. The van der Waals surface area contributed by atoms with E-state index in [4.69, 9.17) is 5.73 Å². The van der Waals surface area contributed by atoms with Gasteiger partial charge in [0, 0.05) is 4.88 Å². The maximum absolute atomic E-state index is 11.9. The molecule has 0 aliphatic carbocycles. The van der Waals surface area contributed by atoms with E-state index in [9.17, 15) is 9.90 Å². The number of thiazole rings is 1. The first-order chi connectivity index (χ1) is 9.56. The number of carbonyl (C=O) groups excluding carboxylic acids is 1. The fourth-order valence-corrected chi connectivity index (χ4v) is 2.49. The van der Waals surface area contributed by atoms with Crippen molar-refractivity contribution in [3.05, 3.63) is 45.9 Å². The number of nitrogens with one attached hydrogen (secondary N) is 1. The second-order valence-electron chi connectivity index (χ2n) is 4.56. The van der Waals surface area contributed by atoms with Crippen LogP contribution in [0.15, 0.2) is 29.8 Å². The number of hydrogen-bond donors (Lipinski definition) is 3. The maximum Gasteiger partial charge on any atom is 0.237 e. The number of benzene rings is 1. The molecule has 5 nitrogen and oxygen atoms in total. The monoisotopic (exact) mass is 291 g/mol. The molecule has 20 heavy (non-hydrogen) atoms. The molecule has 1 atom stereocenters. The SMILES string of the molecule is Cc1ncsc1CNC(=O)[C@@H](N)Cc1ccc(O)cc1. The molecule has 1 aromatic carbocycles. The lowest BCUT2D eigenvalue weighted by atomic mass is 10.1. The average molecular weight is 291 g/mol. The molecule has 1 amide bonds. The lowest BCUT2D eigenvalue weighted by molar-refractivity contribution is -0.122. The molecule has 0 bridgehead atoms. The van der Waals surface area contributed by atoms with Crippen LogP contribution in [0.25, 0.3) is 0 Å². The van der Waals surface area contributed by atoms with Crippen LogP contribution >= 0.6 is 11.3 Å². The highest BCUT2D eigenvalue weighted by atomic mass is 32.1. The van der Waals surface area contributed by atoms with Crippen LogP contribution in [0.2, 0.25) is 0 Å². The molecular weight excluding hydrogens is 274 g/mol. The Kier molecular flexibility index (Phi) is 4.70. The largest absolute Gasteiger partial charge is 0.508 e.